The minimum absolute atomic E-state index is 0.0956. The zero-order chi connectivity index (χ0) is 17.8. The summed E-state index contributed by atoms with van der Waals surface area (Å²) in [6.45, 7) is 1.02. The number of likely N-dealkylation sites (tertiary alicyclic amines) is 1. The number of thiazole rings is 1. The van der Waals surface area contributed by atoms with Gasteiger partial charge in [0.15, 0.2) is 5.82 Å². The van der Waals surface area contributed by atoms with Crippen LogP contribution in [0.25, 0.3) is 0 Å². The highest BCUT2D eigenvalue weighted by molar-refractivity contribution is 7.09. The summed E-state index contributed by atoms with van der Waals surface area (Å²) < 4.78 is 5.70. The first-order chi connectivity index (χ1) is 12.8. The molecule has 1 atom stereocenters. The van der Waals surface area contributed by atoms with Crippen LogP contribution < -0.4 is 4.74 Å². The molecule has 1 aliphatic rings. The molecule has 3 heterocycles. The van der Waals surface area contributed by atoms with Gasteiger partial charge in [-0.15, -0.1) is 21.5 Å². The molecule has 1 N–H and O–H groups in total. The van der Waals surface area contributed by atoms with E-state index in [1.807, 2.05) is 30.3 Å². The molecule has 0 bridgehead atoms. The minimum atomic E-state index is -0.152. The highest BCUT2D eigenvalue weighted by Gasteiger charge is 2.32. The number of carbonyl (C=O) groups excluding carboxylic acids is 1. The van der Waals surface area contributed by atoms with Gasteiger partial charge < -0.3 is 9.64 Å². The van der Waals surface area contributed by atoms with E-state index in [0.717, 1.165) is 30.0 Å². The Morgan fingerprint density at radius 2 is 2.19 bits per heavy atom. The monoisotopic (exact) mass is 370 g/mol. The van der Waals surface area contributed by atoms with Crippen molar-refractivity contribution in [3.63, 3.8) is 0 Å². The molecule has 0 spiro atoms. The summed E-state index contributed by atoms with van der Waals surface area (Å²) >= 11 is 1.43. The van der Waals surface area contributed by atoms with E-state index in [1.165, 1.54) is 11.3 Å². The van der Waals surface area contributed by atoms with E-state index < -0.39 is 0 Å². The van der Waals surface area contributed by atoms with E-state index in [2.05, 4.69) is 25.6 Å². The second kappa shape index (κ2) is 7.61. The molecule has 1 aliphatic heterocycles. The molecular formula is C17H18N6O2S. The molecule has 2 aromatic heterocycles. The predicted molar refractivity (Wildman–Crippen MR) is 94.7 cm³/mol. The van der Waals surface area contributed by atoms with Gasteiger partial charge in [-0.05, 0) is 31.4 Å². The average Bonchev–Trinajstić information content (AvgIpc) is 3.39. The quantitative estimate of drug-likeness (QED) is 0.741. The lowest BCUT2D eigenvalue weighted by molar-refractivity contribution is 0.0594. The number of ether oxygens (including phenoxy) is 1. The second-order valence-corrected chi connectivity index (χ2v) is 6.95. The van der Waals surface area contributed by atoms with Gasteiger partial charge in [0, 0.05) is 11.9 Å². The van der Waals surface area contributed by atoms with Crippen LogP contribution >= 0.6 is 11.3 Å². The molecule has 134 valence electrons. The van der Waals surface area contributed by atoms with Gasteiger partial charge in [0.05, 0.1) is 6.04 Å². The van der Waals surface area contributed by atoms with Crippen LogP contribution in [0.1, 0.15) is 46.6 Å². The van der Waals surface area contributed by atoms with E-state index in [-0.39, 0.29) is 11.9 Å². The third-order valence-corrected chi connectivity index (χ3v) is 5.12. The summed E-state index contributed by atoms with van der Waals surface area (Å²) in [6, 6.07) is 9.40. The van der Waals surface area contributed by atoms with Crippen molar-refractivity contribution in [3.8, 4) is 5.75 Å². The molecule has 3 aromatic rings. The summed E-state index contributed by atoms with van der Waals surface area (Å²) in [5.41, 5.74) is 0.442. The molecule has 1 amide bonds. The molecule has 0 saturated carbocycles. The van der Waals surface area contributed by atoms with E-state index in [0.29, 0.717) is 24.7 Å². The molecule has 1 saturated heterocycles. The number of benzene rings is 1. The number of para-hydroxylation sites is 1. The van der Waals surface area contributed by atoms with E-state index in [9.17, 15) is 4.79 Å². The van der Waals surface area contributed by atoms with Gasteiger partial charge in [-0.2, -0.15) is 5.21 Å². The number of H-pyrrole nitrogens is 1. The molecule has 26 heavy (non-hydrogen) atoms. The van der Waals surface area contributed by atoms with E-state index in [4.69, 9.17) is 4.74 Å². The van der Waals surface area contributed by atoms with Gasteiger partial charge >= 0.3 is 0 Å². The summed E-state index contributed by atoms with van der Waals surface area (Å²) in [5, 5.41) is 16.7. The first-order valence-corrected chi connectivity index (χ1v) is 9.36. The maximum absolute atomic E-state index is 12.9. The lowest BCUT2D eigenvalue weighted by Gasteiger charge is -2.33. The first-order valence-electron chi connectivity index (χ1n) is 8.48. The van der Waals surface area contributed by atoms with Crippen LogP contribution in [0.4, 0.5) is 0 Å². The maximum atomic E-state index is 12.9. The third-order valence-electron chi connectivity index (χ3n) is 4.30. The number of hydrogen-bond acceptors (Lipinski definition) is 7. The normalized spacial score (nSPS) is 17.2. The molecule has 0 aliphatic carbocycles. The molecule has 1 unspecified atom stereocenters. The number of amides is 1. The molecule has 4 rings (SSSR count). The van der Waals surface area contributed by atoms with Gasteiger partial charge in [-0.25, -0.2) is 4.98 Å². The molecular weight excluding hydrogens is 352 g/mol. The van der Waals surface area contributed by atoms with Crippen molar-refractivity contribution in [2.45, 2.75) is 31.9 Å². The second-order valence-electron chi connectivity index (χ2n) is 6.01. The number of tetrazole rings is 1. The number of hydrogen-bond donors (Lipinski definition) is 1. The number of aromatic amines is 1. The predicted octanol–water partition coefficient (Wildman–Crippen LogP) is 2.60. The van der Waals surface area contributed by atoms with Crippen LogP contribution in [0.2, 0.25) is 0 Å². The van der Waals surface area contributed by atoms with Crippen LogP contribution in [0, 0.1) is 0 Å². The fourth-order valence-corrected chi connectivity index (χ4v) is 3.72. The van der Waals surface area contributed by atoms with Gasteiger partial charge in [0.2, 0.25) is 0 Å². The summed E-state index contributed by atoms with van der Waals surface area (Å²) in [5.74, 6) is 1.24. The minimum Gasteiger partial charge on any atom is -0.486 e. The standard InChI is InChI=1S/C17H18N6O2S/c24-17(23-9-5-4-8-14(23)16-19-21-22-20-16)13-11-26-15(18-13)10-25-12-6-2-1-3-7-12/h1-3,6-7,11,14H,4-5,8-10H2,(H,19,20,21,22). The highest BCUT2D eigenvalue weighted by Crippen LogP contribution is 2.30. The molecule has 9 heteroatoms. The van der Waals surface area contributed by atoms with Crippen molar-refractivity contribution in [3.05, 3.63) is 52.2 Å². The van der Waals surface area contributed by atoms with Gasteiger partial charge in [-0.3, -0.25) is 4.79 Å². The Hall–Kier alpha value is -2.81. The van der Waals surface area contributed by atoms with Crippen LogP contribution in [0.15, 0.2) is 35.7 Å². The van der Waals surface area contributed by atoms with Crippen molar-refractivity contribution in [2.75, 3.05) is 6.54 Å². The third kappa shape index (κ3) is 3.57. The zero-order valence-electron chi connectivity index (χ0n) is 14.0. The fraction of sp³-hybridized carbons (Fsp3) is 0.353. The SMILES string of the molecule is O=C(c1csc(COc2ccccc2)n1)N1CCCCC1c1nn[nH]n1. The van der Waals surface area contributed by atoms with E-state index in [1.54, 1.807) is 10.3 Å². The van der Waals surface area contributed by atoms with Gasteiger partial charge in [-0.1, -0.05) is 23.4 Å². The van der Waals surface area contributed by atoms with Crippen LogP contribution in [0.5, 0.6) is 5.75 Å². The molecule has 1 fully saturated rings. The van der Waals surface area contributed by atoms with E-state index >= 15 is 0 Å². The van der Waals surface area contributed by atoms with Crippen molar-refractivity contribution >= 4 is 17.2 Å². The number of piperidine rings is 1. The Kier molecular flexibility index (Phi) is 4.87. The largest absolute Gasteiger partial charge is 0.486 e. The number of aromatic nitrogens is 5. The Bertz CT molecular complexity index is 851. The Morgan fingerprint density at radius 3 is 3.00 bits per heavy atom. The lowest BCUT2D eigenvalue weighted by Crippen LogP contribution is -2.39. The number of nitrogens with one attached hydrogen (secondary N) is 1. The molecule has 1 aromatic carbocycles. The Balaban J connectivity index is 1.45. The van der Waals surface area contributed by atoms with Crippen LogP contribution in [0.3, 0.4) is 0 Å². The van der Waals surface area contributed by atoms with Crippen LogP contribution in [-0.4, -0.2) is 43.0 Å². The molecule has 8 nitrogen and oxygen atoms in total. The van der Waals surface area contributed by atoms with Gasteiger partial charge in [0.25, 0.3) is 5.91 Å². The maximum Gasteiger partial charge on any atom is 0.273 e. The van der Waals surface area contributed by atoms with Gasteiger partial charge in [0.1, 0.15) is 23.1 Å². The van der Waals surface area contributed by atoms with Crippen molar-refractivity contribution in [1.82, 2.24) is 30.5 Å². The summed E-state index contributed by atoms with van der Waals surface area (Å²) in [7, 11) is 0. The highest BCUT2D eigenvalue weighted by atomic mass is 32.1. The van der Waals surface area contributed by atoms with Crippen LogP contribution in [-0.2, 0) is 6.61 Å². The first kappa shape index (κ1) is 16.6. The zero-order valence-corrected chi connectivity index (χ0v) is 14.9. The van der Waals surface area contributed by atoms with Crippen molar-refractivity contribution in [2.24, 2.45) is 0 Å². The number of rotatable bonds is 5. The summed E-state index contributed by atoms with van der Waals surface area (Å²) in [6.07, 6.45) is 2.84. The average molecular weight is 370 g/mol. The fourth-order valence-electron chi connectivity index (χ4n) is 3.04. The number of carbonyl (C=O) groups is 1. The molecule has 0 radical (unpaired) electrons. The smallest absolute Gasteiger partial charge is 0.273 e. The number of nitrogens with zero attached hydrogens (tertiary/aromatic N) is 5. The Morgan fingerprint density at radius 1 is 1.31 bits per heavy atom. The van der Waals surface area contributed by atoms with Crippen molar-refractivity contribution in [1.29, 1.82) is 0 Å². The Labute approximate surface area is 154 Å². The lowest BCUT2D eigenvalue weighted by atomic mass is 10.0. The topological polar surface area (TPSA) is 96.9 Å². The van der Waals surface area contributed by atoms with Crippen molar-refractivity contribution < 1.29 is 9.53 Å². The summed E-state index contributed by atoms with van der Waals surface area (Å²) in [4.78, 5) is 19.2.